The summed E-state index contributed by atoms with van der Waals surface area (Å²) >= 11 is 0. The van der Waals surface area contributed by atoms with Gasteiger partial charge < -0.3 is 19.3 Å². The Hall–Kier alpha value is -1.92. The monoisotopic (exact) mass is 532 g/mol. The second-order valence-electron chi connectivity index (χ2n) is 12.5. The first-order valence-corrected chi connectivity index (χ1v) is 14.5. The zero-order valence-electron chi connectivity index (χ0n) is 25.1. The fraction of sp³-hybridized carbons (Fsp3) is 0.750. The molecule has 6 nitrogen and oxygen atoms in total. The standard InChI is InChI=1S/C32H52O6/c1-10-26(36-25(7)33)24(6)31-27(37-31)18-20(2)12-11-13-22(4)30-23(5)14-15-28(34)32(8,9)17-16-21(3)19-29(35)38-30/h11-15,20-21,23-24,26-28,30-31,34H,10,16-19H2,1-9H3/b12-11+,15-14+,22-13+. The van der Waals surface area contributed by atoms with Crippen LogP contribution < -0.4 is 0 Å². The lowest BCUT2D eigenvalue weighted by Gasteiger charge is -2.31. The molecule has 1 fully saturated rings. The molecule has 0 aromatic carbocycles. The summed E-state index contributed by atoms with van der Waals surface area (Å²) in [5.41, 5.74) is 0.728. The molecular weight excluding hydrogens is 480 g/mol. The molecule has 0 aromatic heterocycles. The van der Waals surface area contributed by atoms with Crippen molar-refractivity contribution in [2.24, 2.45) is 29.1 Å². The lowest BCUT2D eigenvalue weighted by atomic mass is 9.79. The maximum Gasteiger partial charge on any atom is 0.306 e. The molecule has 38 heavy (non-hydrogen) atoms. The van der Waals surface area contributed by atoms with Crippen LogP contribution in [-0.4, -0.2) is 47.6 Å². The SMILES string of the molecule is CCC(OC(C)=O)C(C)C1OC1CC(C)/C=C/C=C(\C)C1OC(=O)CC(C)CCC(C)(C)C(O)/C=C/C1C. The molecule has 2 aliphatic rings. The van der Waals surface area contributed by atoms with Crippen LogP contribution in [-0.2, 0) is 23.8 Å². The van der Waals surface area contributed by atoms with Crippen molar-refractivity contribution in [1.29, 1.82) is 0 Å². The molecule has 2 rings (SSSR count). The van der Waals surface area contributed by atoms with Gasteiger partial charge in [0.25, 0.3) is 0 Å². The first-order valence-electron chi connectivity index (χ1n) is 14.5. The van der Waals surface area contributed by atoms with Crippen molar-refractivity contribution in [3.63, 3.8) is 0 Å². The molecule has 0 amide bonds. The van der Waals surface area contributed by atoms with E-state index in [0.717, 1.165) is 31.3 Å². The molecule has 0 spiro atoms. The van der Waals surface area contributed by atoms with Crippen molar-refractivity contribution in [3.8, 4) is 0 Å². The van der Waals surface area contributed by atoms with E-state index in [1.807, 2.05) is 45.1 Å². The predicted molar refractivity (Wildman–Crippen MR) is 151 cm³/mol. The number of cyclic esters (lactones) is 1. The molecule has 9 atom stereocenters. The van der Waals surface area contributed by atoms with Gasteiger partial charge in [-0.25, -0.2) is 0 Å². The van der Waals surface area contributed by atoms with E-state index < -0.39 is 6.10 Å². The third-order valence-corrected chi connectivity index (χ3v) is 8.23. The highest BCUT2D eigenvalue weighted by Crippen LogP contribution is 2.37. The molecule has 216 valence electrons. The number of aliphatic hydroxyl groups is 1. The Morgan fingerprint density at radius 1 is 1.24 bits per heavy atom. The number of hydrogen-bond acceptors (Lipinski definition) is 6. The van der Waals surface area contributed by atoms with Crippen molar-refractivity contribution in [2.75, 3.05) is 0 Å². The van der Waals surface area contributed by atoms with Gasteiger partial charge in [-0.2, -0.15) is 0 Å². The van der Waals surface area contributed by atoms with Crippen LogP contribution >= 0.6 is 0 Å². The van der Waals surface area contributed by atoms with Gasteiger partial charge in [-0.15, -0.1) is 0 Å². The van der Waals surface area contributed by atoms with E-state index in [2.05, 4.69) is 40.7 Å². The third kappa shape index (κ3) is 10.00. The second-order valence-corrected chi connectivity index (χ2v) is 12.5. The van der Waals surface area contributed by atoms with Crippen molar-refractivity contribution in [2.45, 2.75) is 125 Å². The predicted octanol–water partition coefficient (Wildman–Crippen LogP) is 6.57. The largest absolute Gasteiger partial charge is 0.462 e. The van der Waals surface area contributed by atoms with Crippen LogP contribution in [0.1, 0.15) is 94.4 Å². The first-order chi connectivity index (χ1) is 17.7. The smallest absolute Gasteiger partial charge is 0.306 e. The summed E-state index contributed by atoms with van der Waals surface area (Å²) in [6.07, 6.45) is 13.1. The van der Waals surface area contributed by atoms with E-state index in [0.29, 0.717) is 12.3 Å². The van der Waals surface area contributed by atoms with Gasteiger partial charge in [0.1, 0.15) is 12.2 Å². The summed E-state index contributed by atoms with van der Waals surface area (Å²) in [5.74, 6) is 0.208. The molecule has 0 bridgehead atoms. The number of hydrogen-bond donors (Lipinski definition) is 1. The minimum Gasteiger partial charge on any atom is -0.462 e. The van der Waals surface area contributed by atoms with Crippen LogP contribution in [0.2, 0.25) is 0 Å². The molecule has 9 unspecified atom stereocenters. The number of aliphatic hydroxyl groups excluding tert-OH is 1. The molecule has 0 aromatic rings. The van der Waals surface area contributed by atoms with E-state index in [1.54, 1.807) is 0 Å². The minimum absolute atomic E-state index is 0.0629. The highest BCUT2D eigenvalue weighted by atomic mass is 16.6. The average Bonchev–Trinajstić information content (AvgIpc) is 3.60. The fourth-order valence-corrected chi connectivity index (χ4v) is 5.33. The lowest BCUT2D eigenvalue weighted by molar-refractivity contribution is -0.150. The topological polar surface area (TPSA) is 85.4 Å². The highest BCUT2D eigenvalue weighted by molar-refractivity contribution is 5.70. The van der Waals surface area contributed by atoms with Crippen LogP contribution in [0.4, 0.5) is 0 Å². The first kappa shape index (κ1) is 32.3. The number of carbonyl (C=O) groups is 2. The molecule has 1 saturated heterocycles. The number of esters is 2. The van der Waals surface area contributed by atoms with Gasteiger partial charge in [-0.1, -0.05) is 78.8 Å². The molecule has 6 heteroatoms. The van der Waals surface area contributed by atoms with Crippen LogP contribution in [0.5, 0.6) is 0 Å². The Morgan fingerprint density at radius 3 is 2.55 bits per heavy atom. The maximum absolute atomic E-state index is 12.7. The zero-order chi connectivity index (χ0) is 28.6. The third-order valence-electron chi connectivity index (χ3n) is 8.23. The van der Waals surface area contributed by atoms with Gasteiger partial charge in [0.2, 0.25) is 0 Å². The molecular formula is C32H52O6. The van der Waals surface area contributed by atoms with Gasteiger partial charge >= 0.3 is 11.9 Å². The van der Waals surface area contributed by atoms with E-state index in [4.69, 9.17) is 14.2 Å². The second kappa shape index (κ2) is 14.5. The Kier molecular flexibility index (Phi) is 12.3. The van der Waals surface area contributed by atoms with Crippen molar-refractivity contribution < 1.29 is 28.9 Å². The van der Waals surface area contributed by atoms with Gasteiger partial charge in [0.15, 0.2) is 0 Å². The summed E-state index contributed by atoms with van der Waals surface area (Å²) in [4.78, 5) is 24.1. The normalized spacial score (nSPS) is 33.8. The number of ether oxygens (including phenoxy) is 3. The Labute approximate surface area is 230 Å². The molecule has 1 N–H and O–H groups in total. The van der Waals surface area contributed by atoms with Crippen LogP contribution in [0.15, 0.2) is 36.0 Å². The van der Waals surface area contributed by atoms with Crippen LogP contribution in [0, 0.1) is 29.1 Å². The summed E-state index contributed by atoms with van der Waals surface area (Å²) in [7, 11) is 0. The highest BCUT2D eigenvalue weighted by Gasteiger charge is 2.46. The van der Waals surface area contributed by atoms with E-state index >= 15 is 0 Å². The van der Waals surface area contributed by atoms with Crippen molar-refractivity contribution in [1.82, 2.24) is 0 Å². The average molecular weight is 533 g/mol. The number of carbonyl (C=O) groups excluding carboxylic acids is 2. The van der Waals surface area contributed by atoms with Gasteiger partial charge in [0.05, 0.1) is 18.3 Å². The lowest BCUT2D eigenvalue weighted by Crippen LogP contribution is -2.31. The summed E-state index contributed by atoms with van der Waals surface area (Å²) in [5, 5.41) is 10.8. The zero-order valence-corrected chi connectivity index (χ0v) is 25.1. The van der Waals surface area contributed by atoms with Crippen molar-refractivity contribution >= 4 is 11.9 Å². The maximum atomic E-state index is 12.7. The molecule has 0 aliphatic carbocycles. The molecule has 0 radical (unpaired) electrons. The Morgan fingerprint density at radius 2 is 1.92 bits per heavy atom. The number of epoxide rings is 1. The Bertz CT molecular complexity index is 871. The Balaban J connectivity index is 2.02. The van der Waals surface area contributed by atoms with E-state index in [1.165, 1.54) is 6.92 Å². The van der Waals surface area contributed by atoms with Crippen LogP contribution in [0.25, 0.3) is 0 Å². The molecule has 2 aliphatic heterocycles. The van der Waals surface area contributed by atoms with Gasteiger partial charge in [-0.05, 0) is 55.4 Å². The fourth-order valence-electron chi connectivity index (χ4n) is 5.33. The van der Waals surface area contributed by atoms with Gasteiger partial charge in [0, 0.05) is 25.2 Å². The number of rotatable bonds is 9. The van der Waals surface area contributed by atoms with Crippen molar-refractivity contribution in [3.05, 3.63) is 36.0 Å². The van der Waals surface area contributed by atoms with Crippen LogP contribution in [0.3, 0.4) is 0 Å². The summed E-state index contributed by atoms with van der Waals surface area (Å²) < 4.78 is 17.3. The molecule has 2 heterocycles. The molecule has 0 saturated carbocycles. The van der Waals surface area contributed by atoms with E-state index in [9.17, 15) is 14.7 Å². The van der Waals surface area contributed by atoms with Gasteiger partial charge in [-0.3, -0.25) is 9.59 Å². The minimum atomic E-state index is -0.546. The van der Waals surface area contributed by atoms with E-state index in [-0.39, 0.29) is 59.5 Å². The number of allylic oxidation sites excluding steroid dienone is 3. The summed E-state index contributed by atoms with van der Waals surface area (Å²) in [6.45, 7) is 18.0. The summed E-state index contributed by atoms with van der Waals surface area (Å²) in [6, 6.07) is 0. The quantitative estimate of drug-likeness (QED) is 0.156.